The number of carbonyl (C=O) groups is 2. The number of ether oxygens (including phenoxy) is 1. The van der Waals surface area contributed by atoms with Crippen LogP contribution in [0.4, 0.5) is 10.5 Å². The van der Waals surface area contributed by atoms with Crippen LogP contribution < -0.4 is 5.32 Å². The average Bonchev–Trinajstić information content (AvgIpc) is 2.46. The number of anilines is 1. The highest BCUT2D eigenvalue weighted by molar-refractivity contribution is 5.92. The van der Waals surface area contributed by atoms with Crippen molar-refractivity contribution >= 4 is 17.7 Å². The van der Waals surface area contributed by atoms with Gasteiger partial charge in [0.1, 0.15) is 5.60 Å². The summed E-state index contributed by atoms with van der Waals surface area (Å²) in [4.78, 5) is 30.0. The number of carbonyl (C=O) groups excluding carboxylic acids is 2. The molecule has 1 atom stereocenters. The summed E-state index contributed by atoms with van der Waals surface area (Å²) >= 11 is 0. The van der Waals surface area contributed by atoms with E-state index in [4.69, 9.17) is 4.74 Å². The summed E-state index contributed by atoms with van der Waals surface area (Å²) in [6.45, 7) is 6.52. The summed E-state index contributed by atoms with van der Waals surface area (Å²) < 4.78 is 5.37. The maximum absolute atomic E-state index is 12.3. The predicted octanol–water partition coefficient (Wildman–Crippen LogP) is 2.67. The Bertz CT molecular complexity index is 525. The second-order valence-electron chi connectivity index (χ2n) is 6.50. The number of piperidine rings is 1. The smallest absolute Gasteiger partial charge is 0.410 e. The van der Waals surface area contributed by atoms with Gasteiger partial charge in [-0.1, -0.05) is 0 Å². The molecule has 0 aliphatic carbocycles. The SMILES string of the molecule is CC(C)(C)OC(=O)N1CCC[C@@H](C(=O)Nc2cccnc2)C1. The molecule has 0 bridgehead atoms. The molecule has 0 unspecified atom stereocenters. The Hall–Kier alpha value is -2.11. The first-order chi connectivity index (χ1) is 10.3. The summed E-state index contributed by atoms with van der Waals surface area (Å²) in [5, 5.41) is 2.84. The molecule has 2 heterocycles. The van der Waals surface area contributed by atoms with Crippen molar-refractivity contribution in [3.05, 3.63) is 24.5 Å². The fraction of sp³-hybridized carbons (Fsp3) is 0.562. The van der Waals surface area contributed by atoms with E-state index in [-0.39, 0.29) is 17.9 Å². The van der Waals surface area contributed by atoms with Gasteiger partial charge in [-0.2, -0.15) is 0 Å². The predicted molar refractivity (Wildman–Crippen MR) is 83.4 cm³/mol. The van der Waals surface area contributed by atoms with Crippen LogP contribution in [0.5, 0.6) is 0 Å². The van der Waals surface area contributed by atoms with Gasteiger partial charge in [-0.25, -0.2) is 4.79 Å². The fourth-order valence-electron chi connectivity index (χ4n) is 2.36. The molecule has 1 aliphatic rings. The molecule has 1 aromatic heterocycles. The zero-order valence-corrected chi connectivity index (χ0v) is 13.3. The lowest BCUT2D eigenvalue weighted by atomic mass is 9.97. The zero-order valence-electron chi connectivity index (χ0n) is 13.3. The number of pyridine rings is 1. The Morgan fingerprint density at radius 1 is 1.41 bits per heavy atom. The van der Waals surface area contributed by atoms with E-state index in [9.17, 15) is 9.59 Å². The van der Waals surface area contributed by atoms with Crippen molar-refractivity contribution in [3.63, 3.8) is 0 Å². The molecule has 6 nitrogen and oxygen atoms in total. The quantitative estimate of drug-likeness (QED) is 0.912. The minimum absolute atomic E-state index is 0.0822. The summed E-state index contributed by atoms with van der Waals surface area (Å²) in [6.07, 6.45) is 4.47. The highest BCUT2D eigenvalue weighted by atomic mass is 16.6. The number of hydrogen-bond acceptors (Lipinski definition) is 4. The highest BCUT2D eigenvalue weighted by Gasteiger charge is 2.31. The molecule has 1 saturated heterocycles. The molecule has 6 heteroatoms. The van der Waals surface area contributed by atoms with Crippen molar-refractivity contribution in [2.75, 3.05) is 18.4 Å². The van der Waals surface area contributed by atoms with Crippen molar-refractivity contribution in [1.29, 1.82) is 0 Å². The lowest BCUT2D eigenvalue weighted by molar-refractivity contribution is -0.121. The first kappa shape index (κ1) is 16.3. The molecule has 1 N–H and O–H groups in total. The standard InChI is InChI=1S/C16H23N3O3/c1-16(2,3)22-15(21)19-9-5-6-12(11-19)14(20)18-13-7-4-8-17-10-13/h4,7-8,10,12H,5-6,9,11H2,1-3H3,(H,18,20)/t12-/m1/s1. The third-order valence-electron chi connectivity index (χ3n) is 3.37. The highest BCUT2D eigenvalue weighted by Crippen LogP contribution is 2.20. The van der Waals surface area contributed by atoms with Crippen molar-refractivity contribution in [1.82, 2.24) is 9.88 Å². The third-order valence-corrected chi connectivity index (χ3v) is 3.37. The lowest BCUT2D eigenvalue weighted by Gasteiger charge is -2.33. The Kier molecular flexibility index (Phi) is 5.00. The van der Waals surface area contributed by atoms with Gasteiger partial charge in [0.05, 0.1) is 17.8 Å². The minimum Gasteiger partial charge on any atom is -0.444 e. The van der Waals surface area contributed by atoms with Crippen LogP contribution in [-0.4, -0.2) is 40.6 Å². The lowest BCUT2D eigenvalue weighted by Crippen LogP contribution is -2.45. The number of amides is 2. The second-order valence-corrected chi connectivity index (χ2v) is 6.50. The van der Waals surface area contributed by atoms with Gasteiger partial charge in [-0.15, -0.1) is 0 Å². The van der Waals surface area contributed by atoms with Crippen LogP contribution in [0.3, 0.4) is 0 Å². The van der Waals surface area contributed by atoms with Crippen molar-refractivity contribution in [2.24, 2.45) is 5.92 Å². The van der Waals surface area contributed by atoms with Crippen molar-refractivity contribution in [3.8, 4) is 0 Å². The normalized spacial score (nSPS) is 18.7. The molecule has 2 amide bonds. The molecule has 22 heavy (non-hydrogen) atoms. The van der Waals surface area contributed by atoms with Gasteiger partial charge in [-0.3, -0.25) is 9.78 Å². The van der Waals surface area contributed by atoms with E-state index in [0.29, 0.717) is 18.8 Å². The van der Waals surface area contributed by atoms with E-state index < -0.39 is 5.60 Å². The van der Waals surface area contributed by atoms with E-state index in [1.165, 1.54) is 0 Å². The number of rotatable bonds is 2. The van der Waals surface area contributed by atoms with Crippen LogP contribution in [0.2, 0.25) is 0 Å². The molecule has 1 fully saturated rings. The molecule has 0 spiro atoms. The molecule has 2 rings (SSSR count). The van der Waals surface area contributed by atoms with E-state index in [1.54, 1.807) is 29.4 Å². The summed E-state index contributed by atoms with van der Waals surface area (Å²) in [5.74, 6) is -0.303. The molecular formula is C16H23N3O3. The number of aromatic nitrogens is 1. The molecule has 0 aromatic carbocycles. The Morgan fingerprint density at radius 3 is 2.82 bits per heavy atom. The molecule has 120 valence electrons. The van der Waals surface area contributed by atoms with Crippen molar-refractivity contribution in [2.45, 2.75) is 39.2 Å². The van der Waals surface area contributed by atoms with Gasteiger partial charge in [-0.05, 0) is 45.7 Å². The third kappa shape index (κ3) is 4.72. The Balaban J connectivity index is 1.92. The number of nitrogens with one attached hydrogen (secondary N) is 1. The van der Waals surface area contributed by atoms with Crippen LogP contribution >= 0.6 is 0 Å². The van der Waals surface area contributed by atoms with Gasteiger partial charge in [0.15, 0.2) is 0 Å². The monoisotopic (exact) mass is 305 g/mol. The largest absolute Gasteiger partial charge is 0.444 e. The van der Waals surface area contributed by atoms with E-state index >= 15 is 0 Å². The van der Waals surface area contributed by atoms with Crippen LogP contribution in [-0.2, 0) is 9.53 Å². The van der Waals surface area contributed by atoms with Gasteiger partial charge < -0.3 is 15.0 Å². The first-order valence-corrected chi connectivity index (χ1v) is 7.54. The summed E-state index contributed by atoms with van der Waals surface area (Å²) in [7, 11) is 0. The zero-order chi connectivity index (χ0) is 16.2. The molecule has 0 saturated carbocycles. The van der Waals surface area contributed by atoms with Crippen LogP contribution in [0.1, 0.15) is 33.6 Å². The topological polar surface area (TPSA) is 71.5 Å². The fourth-order valence-corrected chi connectivity index (χ4v) is 2.36. The van der Waals surface area contributed by atoms with Crippen LogP contribution in [0.15, 0.2) is 24.5 Å². The molecular weight excluding hydrogens is 282 g/mol. The number of hydrogen-bond donors (Lipinski definition) is 1. The van der Waals surface area contributed by atoms with Crippen LogP contribution in [0, 0.1) is 5.92 Å². The molecule has 1 aliphatic heterocycles. The van der Waals surface area contributed by atoms with E-state index in [0.717, 1.165) is 12.8 Å². The second kappa shape index (κ2) is 6.77. The maximum atomic E-state index is 12.3. The maximum Gasteiger partial charge on any atom is 0.410 e. The van der Waals surface area contributed by atoms with E-state index in [2.05, 4.69) is 10.3 Å². The van der Waals surface area contributed by atoms with Gasteiger partial charge in [0.25, 0.3) is 0 Å². The van der Waals surface area contributed by atoms with Gasteiger partial charge >= 0.3 is 6.09 Å². The van der Waals surface area contributed by atoms with Crippen molar-refractivity contribution < 1.29 is 14.3 Å². The van der Waals surface area contributed by atoms with Crippen LogP contribution in [0.25, 0.3) is 0 Å². The molecule has 0 radical (unpaired) electrons. The molecule has 1 aromatic rings. The first-order valence-electron chi connectivity index (χ1n) is 7.54. The number of nitrogens with zero attached hydrogens (tertiary/aromatic N) is 2. The average molecular weight is 305 g/mol. The van der Waals surface area contributed by atoms with E-state index in [1.807, 2.05) is 20.8 Å². The Morgan fingerprint density at radius 2 is 2.18 bits per heavy atom. The van der Waals surface area contributed by atoms with Gasteiger partial charge in [0.2, 0.25) is 5.91 Å². The van der Waals surface area contributed by atoms with Gasteiger partial charge in [0, 0.05) is 19.3 Å². The number of likely N-dealkylation sites (tertiary alicyclic amines) is 1. The minimum atomic E-state index is -0.526. The summed E-state index contributed by atoms with van der Waals surface area (Å²) in [5.41, 5.74) is 0.143. The summed E-state index contributed by atoms with van der Waals surface area (Å²) in [6, 6.07) is 3.56. The Labute approximate surface area is 130 Å².